The Bertz CT molecular complexity index is 391. The van der Waals surface area contributed by atoms with E-state index in [1.54, 1.807) is 4.90 Å². The summed E-state index contributed by atoms with van der Waals surface area (Å²) in [6.45, 7) is 2.48. The quantitative estimate of drug-likeness (QED) is 0.809. The monoisotopic (exact) mass is 247 g/mol. The Morgan fingerprint density at radius 2 is 2.33 bits per heavy atom. The summed E-state index contributed by atoms with van der Waals surface area (Å²) in [4.78, 5) is 20.1. The molecule has 0 N–H and O–H groups in total. The fraction of sp³-hybridized carbons (Fsp3) is 0.571. The average molecular weight is 247 g/mol. The van der Waals surface area contributed by atoms with E-state index in [-0.39, 0.29) is 5.91 Å². The number of piperidine rings is 1. The lowest BCUT2D eigenvalue weighted by Gasteiger charge is -2.32. The number of likely N-dealkylation sites (tertiary alicyclic amines) is 1. The SMILES string of the molecule is CN(C)C(=O)CN1CCC[C@H](c2ccccn2)C1. The van der Waals surface area contributed by atoms with E-state index >= 15 is 0 Å². The lowest BCUT2D eigenvalue weighted by molar-refractivity contribution is -0.130. The maximum absolute atomic E-state index is 11.7. The third-order valence-corrected chi connectivity index (χ3v) is 3.47. The minimum atomic E-state index is 0.177. The summed E-state index contributed by atoms with van der Waals surface area (Å²) in [5.74, 6) is 0.645. The molecule has 0 unspecified atom stereocenters. The Hall–Kier alpha value is -1.42. The van der Waals surface area contributed by atoms with E-state index < -0.39 is 0 Å². The number of nitrogens with zero attached hydrogens (tertiary/aromatic N) is 3. The number of likely N-dealkylation sites (N-methyl/N-ethyl adjacent to an activating group) is 1. The molecule has 1 aliphatic heterocycles. The molecule has 98 valence electrons. The number of hydrogen-bond acceptors (Lipinski definition) is 3. The van der Waals surface area contributed by atoms with Crippen molar-refractivity contribution in [3.63, 3.8) is 0 Å². The third kappa shape index (κ3) is 3.29. The normalized spacial score (nSPS) is 20.7. The highest BCUT2D eigenvalue weighted by Gasteiger charge is 2.23. The van der Waals surface area contributed by atoms with Gasteiger partial charge in [-0.05, 0) is 31.5 Å². The number of pyridine rings is 1. The molecule has 2 rings (SSSR count). The van der Waals surface area contributed by atoms with Crippen LogP contribution in [0.2, 0.25) is 0 Å². The van der Waals surface area contributed by atoms with E-state index in [0.29, 0.717) is 12.5 Å². The first-order valence-electron chi connectivity index (χ1n) is 6.50. The highest BCUT2D eigenvalue weighted by atomic mass is 16.2. The highest BCUT2D eigenvalue weighted by Crippen LogP contribution is 2.24. The van der Waals surface area contributed by atoms with Gasteiger partial charge in [-0.2, -0.15) is 0 Å². The molecule has 1 atom stereocenters. The summed E-state index contributed by atoms with van der Waals surface area (Å²) in [7, 11) is 3.62. The van der Waals surface area contributed by atoms with Crippen LogP contribution in [-0.4, -0.2) is 54.4 Å². The first kappa shape index (κ1) is 13.0. The second kappa shape index (κ2) is 5.96. The maximum Gasteiger partial charge on any atom is 0.236 e. The van der Waals surface area contributed by atoms with Crippen molar-refractivity contribution in [1.29, 1.82) is 0 Å². The van der Waals surface area contributed by atoms with Crippen molar-refractivity contribution >= 4 is 5.91 Å². The van der Waals surface area contributed by atoms with Crippen LogP contribution in [0.1, 0.15) is 24.5 Å². The van der Waals surface area contributed by atoms with E-state index in [9.17, 15) is 4.79 Å². The number of amides is 1. The van der Waals surface area contributed by atoms with Crippen LogP contribution in [0.4, 0.5) is 0 Å². The molecule has 1 fully saturated rings. The topological polar surface area (TPSA) is 36.4 Å². The van der Waals surface area contributed by atoms with Gasteiger partial charge < -0.3 is 4.90 Å². The van der Waals surface area contributed by atoms with Crippen LogP contribution in [0.5, 0.6) is 0 Å². The molecule has 1 amide bonds. The van der Waals surface area contributed by atoms with E-state index in [1.165, 1.54) is 6.42 Å². The van der Waals surface area contributed by atoms with Gasteiger partial charge in [0.25, 0.3) is 0 Å². The van der Waals surface area contributed by atoms with E-state index in [1.807, 2.05) is 32.4 Å². The van der Waals surface area contributed by atoms with Gasteiger partial charge in [-0.3, -0.25) is 14.7 Å². The van der Waals surface area contributed by atoms with Gasteiger partial charge in [0.05, 0.1) is 6.54 Å². The van der Waals surface area contributed by atoms with Crippen LogP contribution < -0.4 is 0 Å². The summed E-state index contributed by atoms with van der Waals surface area (Å²) in [5, 5.41) is 0. The van der Waals surface area contributed by atoms with Crippen LogP contribution >= 0.6 is 0 Å². The summed E-state index contributed by atoms with van der Waals surface area (Å²) < 4.78 is 0. The van der Waals surface area contributed by atoms with Crippen molar-refractivity contribution in [2.45, 2.75) is 18.8 Å². The van der Waals surface area contributed by atoms with Crippen LogP contribution in [0, 0.1) is 0 Å². The van der Waals surface area contributed by atoms with Crippen LogP contribution in [0.15, 0.2) is 24.4 Å². The minimum Gasteiger partial charge on any atom is -0.348 e. The van der Waals surface area contributed by atoms with Gasteiger partial charge in [-0.1, -0.05) is 6.07 Å². The Labute approximate surface area is 109 Å². The standard InChI is InChI=1S/C14H21N3O/c1-16(2)14(18)11-17-9-5-6-12(10-17)13-7-3-4-8-15-13/h3-4,7-8,12H,5-6,9-11H2,1-2H3/t12-/m0/s1. The largest absolute Gasteiger partial charge is 0.348 e. The smallest absolute Gasteiger partial charge is 0.236 e. The molecule has 0 saturated carbocycles. The van der Waals surface area contributed by atoms with Gasteiger partial charge in [0.15, 0.2) is 0 Å². The predicted molar refractivity (Wildman–Crippen MR) is 71.3 cm³/mol. The Balaban J connectivity index is 1.95. The van der Waals surface area contributed by atoms with Crippen LogP contribution in [0.25, 0.3) is 0 Å². The lowest BCUT2D eigenvalue weighted by Crippen LogP contribution is -2.41. The number of hydrogen-bond donors (Lipinski definition) is 0. The van der Waals surface area contributed by atoms with E-state index in [4.69, 9.17) is 0 Å². The van der Waals surface area contributed by atoms with E-state index in [2.05, 4.69) is 16.0 Å². The number of carbonyl (C=O) groups excluding carboxylic acids is 1. The van der Waals surface area contributed by atoms with Crippen molar-refractivity contribution in [3.05, 3.63) is 30.1 Å². The maximum atomic E-state index is 11.7. The molecule has 18 heavy (non-hydrogen) atoms. The molecule has 0 bridgehead atoms. The molecule has 0 radical (unpaired) electrons. The molecule has 1 aliphatic rings. The van der Waals surface area contributed by atoms with Gasteiger partial charge in [0.1, 0.15) is 0 Å². The van der Waals surface area contributed by atoms with Gasteiger partial charge >= 0.3 is 0 Å². The van der Waals surface area contributed by atoms with Crippen molar-refractivity contribution in [3.8, 4) is 0 Å². The molecule has 4 nitrogen and oxygen atoms in total. The minimum absolute atomic E-state index is 0.177. The molecule has 2 heterocycles. The van der Waals surface area contributed by atoms with Crippen molar-refractivity contribution in [1.82, 2.24) is 14.8 Å². The molecule has 1 aromatic heterocycles. The average Bonchev–Trinajstić information content (AvgIpc) is 2.40. The lowest BCUT2D eigenvalue weighted by atomic mass is 9.94. The van der Waals surface area contributed by atoms with Crippen molar-refractivity contribution < 1.29 is 4.79 Å². The fourth-order valence-corrected chi connectivity index (χ4v) is 2.39. The number of rotatable bonds is 3. The fourth-order valence-electron chi connectivity index (χ4n) is 2.39. The van der Waals surface area contributed by atoms with Gasteiger partial charge in [-0.25, -0.2) is 0 Å². The molecule has 1 saturated heterocycles. The molecule has 4 heteroatoms. The highest BCUT2D eigenvalue weighted by molar-refractivity contribution is 5.77. The molecule has 0 spiro atoms. The zero-order valence-electron chi connectivity index (χ0n) is 11.2. The van der Waals surface area contributed by atoms with Crippen molar-refractivity contribution in [2.24, 2.45) is 0 Å². The summed E-state index contributed by atoms with van der Waals surface area (Å²) >= 11 is 0. The number of aromatic nitrogens is 1. The Morgan fingerprint density at radius 1 is 1.50 bits per heavy atom. The van der Waals surface area contributed by atoms with Crippen molar-refractivity contribution in [2.75, 3.05) is 33.7 Å². The predicted octanol–water partition coefficient (Wildman–Crippen LogP) is 1.35. The van der Waals surface area contributed by atoms with Crippen LogP contribution in [-0.2, 0) is 4.79 Å². The summed E-state index contributed by atoms with van der Waals surface area (Å²) in [6, 6.07) is 6.06. The molecular weight excluding hydrogens is 226 g/mol. The van der Waals surface area contributed by atoms with Gasteiger partial charge in [0, 0.05) is 38.4 Å². The molecule has 1 aromatic rings. The zero-order chi connectivity index (χ0) is 13.0. The first-order chi connectivity index (χ1) is 8.66. The summed E-state index contributed by atoms with van der Waals surface area (Å²) in [6.07, 6.45) is 4.16. The molecule has 0 aromatic carbocycles. The van der Waals surface area contributed by atoms with Gasteiger partial charge in [0.2, 0.25) is 5.91 Å². The Kier molecular flexibility index (Phi) is 4.31. The Morgan fingerprint density at radius 3 is 3.00 bits per heavy atom. The molecular formula is C14H21N3O. The molecule has 0 aliphatic carbocycles. The zero-order valence-corrected chi connectivity index (χ0v) is 11.2. The second-order valence-electron chi connectivity index (χ2n) is 5.12. The third-order valence-electron chi connectivity index (χ3n) is 3.47. The van der Waals surface area contributed by atoms with E-state index in [0.717, 1.165) is 25.2 Å². The van der Waals surface area contributed by atoms with Gasteiger partial charge in [-0.15, -0.1) is 0 Å². The number of carbonyl (C=O) groups is 1. The first-order valence-corrected chi connectivity index (χ1v) is 6.50. The second-order valence-corrected chi connectivity index (χ2v) is 5.12. The summed E-state index contributed by atoms with van der Waals surface area (Å²) in [5.41, 5.74) is 1.15. The van der Waals surface area contributed by atoms with Crippen LogP contribution in [0.3, 0.4) is 0 Å².